The maximum Gasteiger partial charge on any atom is 0.270 e. The average Bonchev–Trinajstić information content (AvgIpc) is 2.03. The molecule has 1 aromatic rings. The summed E-state index contributed by atoms with van der Waals surface area (Å²) >= 11 is 0. The van der Waals surface area contributed by atoms with Gasteiger partial charge in [-0.3, -0.25) is 9.78 Å². The first-order chi connectivity index (χ1) is 6.02. The second-order valence-electron chi connectivity index (χ2n) is 3.45. The van der Waals surface area contributed by atoms with Gasteiger partial charge in [0, 0.05) is 5.92 Å². The van der Waals surface area contributed by atoms with Crippen molar-refractivity contribution in [3.8, 4) is 0 Å². The zero-order valence-corrected chi connectivity index (χ0v) is 8.22. The molecule has 0 aliphatic rings. The zero-order chi connectivity index (χ0) is 10.0. The lowest BCUT2D eigenvalue weighted by Gasteiger charge is -2.04. The van der Waals surface area contributed by atoms with Crippen LogP contribution < -0.4 is 5.56 Å². The van der Waals surface area contributed by atoms with E-state index in [1.165, 1.54) is 0 Å². The molecule has 0 radical (unpaired) electrons. The van der Waals surface area contributed by atoms with Crippen molar-refractivity contribution in [2.75, 3.05) is 0 Å². The highest BCUT2D eigenvalue weighted by Crippen LogP contribution is 2.08. The van der Waals surface area contributed by atoms with E-state index in [0.29, 0.717) is 11.4 Å². The van der Waals surface area contributed by atoms with E-state index in [9.17, 15) is 4.79 Å². The van der Waals surface area contributed by atoms with E-state index in [1.54, 1.807) is 6.20 Å². The highest BCUT2D eigenvalue weighted by atomic mass is 16.1. The van der Waals surface area contributed by atoms with Crippen molar-refractivity contribution in [2.24, 2.45) is 0 Å². The summed E-state index contributed by atoms with van der Waals surface area (Å²) in [6.45, 7) is 9.45. The largest absolute Gasteiger partial charge is 0.319 e. The Hall–Kier alpha value is -1.38. The van der Waals surface area contributed by atoms with Crippen LogP contribution in [0.4, 0.5) is 0 Å². The van der Waals surface area contributed by atoms with Crippen molar-refractivity contribution in [3.63, 3.8) is 0 Å². The van der Waals surface area contributed by atoms with Gasteiger partial charge >= 0.3 is 0 Å². The second-order valence-corrected chi connectivity index (χ2v) is 3.45. The van der Waals surface area contributed by atoms with Crippen molar-refractivity contribution >= 4 is 5.57 Å². The van der Waals surface area contributed by atoms with Crippen LogP contribution in [-0.2, 0) is 0 Å². The van der Waals surface area contributed by atoms with E-state index in [2.05, 4.69) is 16.5 Å². The molecule has 1 rings (SSSR count). The number of aromatic amines is 1. The van der Waals surface area contributed by atoms with E-state index in [0.717, 1.165) is 5.57 Å². The molecule has 0 aliphatic carbocycles. The number of hydrogen-bond acceptors (Lipinski definition) is 2. The number of rotatable bonds is 2. The first-order valence-electron chi connectivity index (χ1n) is 4.27. The number of nitrogens with zero attached hydrogens (tertiary/aromatic N) is 1. The summed E-state index contributed by atoms with van der Waals surface area (Å²) in [7, 11) is 0. The Kier molecular flexibility index (Phi) is 2.66. The third-order valence-corrected chi connectivity index (χ3v) is 1.82. The van der Waals surface area contributed by atoms with Gasteiger partial charge in [-0.05, 0) is 12.5 Å². The van der Waals surface area contributed by atoms with Crippen molar-refractivity contribution in [1.29, 1.82) is 0 Å². The molecule has 0 atom stereocenters. The lowest BCUT2D eigenvalue weighted by molar-refractivity contribution is 0.793. The van der Waals surface area contributed by atoms with Gasteiger partial charge in [-0.25, -0.2) is 0 Å². The molecule has 1 N–H and O–H groups in total. The maximum absolute atomic E-state index is 11.4. The van der Waals surface area contributed by atoms with Gasteiger partial charge in [-0.1, -0.05) is 20.4 Å². The first-order valence-corrected chi connectivity index (χ1v) is 4.27. The summed E-state index contributed by atoms with van der Waals surface area (Å²) in [5, 5.41) is 0. The average molecular weight is 178 g/mol. The summed E-state index contributed by atoms with van der Waals surface area (Å²) < 4.78 is 0. The normalized spacial score (nSPS) is 10.5. The molecule has 0 aromatic carbocycles. The molecule has 1 heterocycles. The predicted molar refractivity (Wildman–Crippen MR) is 53.7 cm³/mol. The van der Waals surface area contributed by atoms with Gasteiger partial charge in [0.15, 0.2) is 0 Å². The van der Waals surface area contributed by atoms with Gasteiger partial charge in [-0.15, -0.1) is 0 Å². The lowest BCUT2D eigenvalue weighted by atomic mass is 10.1. The highest BCUT2D eigenvalue weighted by Gasteiger charge is 2.06. The maximum atomic E-state index is 11.4. The van der Waals surface area contributed by atoms with Crippen LogP contribution in [0.1, 0.15) is 38.1 Å². The summed E-state index contributed by atoms with van der Waals surface area (Å²) in [5.41, 5.74) is 1.98. The van der Waals surface area contributed by atoms with Crippen LogP contribution in [0.25, 0.3) is 5.57 Å². The Bertz CT molecular complexity index is 377. The number of aromatic nitrogens is 2. The molecular weight excluding hydrogens is 164 g/mol. The van der Waals surface area contributed by atoms with E-state index < -0.39 is 0 Å². The minimum Gasteiger partial charge on any atom is -0.319 e. The van der Waals surface area contributed by atoms with Crippen LogP contribution >= 0.6 is 0 Å². The number of hydrogen-bond donors (Lipinski definition) is 1. The molecule has 13 heavy (non-hydrogen) atoms. The summed E-state index contributed by atoms with van der Waals surface area (Å²) in [5.74, 6) is 0.155. The monoisotopic (exact) mass is 178 g/mol. The third kappa shape index (κ3) is 2.05. The van der Waals surface area contributed by atoms with Crippen LogP contribution in [0.15, 0.2) is 17.6 Å². The fourth-order valence-electron chi connectivity index (χ4n) is 1.04. The van der Waals surface area contributed by atoms with E-state index in [1.807, 2.05) is 20.8 Å². The fraction of sp³-hybridized carbons (Fsp3) is 0.400. The second kappa shape index (κ2) is 3.56. The van der Waals surface area contributed by atoms with Crippen molar-refractivity contribution in [2.45, 2.75) is 26.7 Å². The van der Waals surface area contributed by atoms with Gasteiger partial charge in [0.05, 0.1) is 11.9 Å². The van der Waals surface area contributed by atoms with E-state index >= 15 is 0 Å². The third-order valence-electron chi connectivity index (χ3n) is 1.82. The van der Waals surface area contributed by atoms with Crippen LogP contribution in [0.5, 0.6) is 0 Å². The van der Waals surface area contributed by atoms with Gasteiger partial charge in [-0.2, -0.15) is 0 Å². The summed E-state index contributed by atoms with van der Waals surface area (Å²) in [4.78, 5) is 18.3. The summed E-state index contributed by atoms with van der Waals surface area (Å²) in [6, 6.07) is 0. The van der Waals surface area contributed by atoms with Gasteiger partial charge in [0.2, 0.25) is 0 Å². The number of allylic oxidation sites excluding steroid dienone is 1. The Morgan fingerprint density at radius 3 is 2.62 bits per heavy atom. The molecular formula is C10H14N2O. The fourth-order valence-corrected chi connectivity index (χ4v) is 1.04. The topological polar surface area (TPSA) is 45.8 Å². The van der Waals surface area contributed by atoms with Crippen molar-refractivity contribution in [1.82, 2.24) is 9.97 Å². The quantitative estimate of drug-likeness (QED) is 0.752. The molecule has 1 aromatic heterocycles. The predicted octanol–water partition coefficient (Wildman–Crippen LogP) is 1.93. The van der Waals surface area contributed by atoms with Gasteiger partial charge in [0.25, 0.3) is 5.56 Å². The zero-order valence-electron chi connectivity index (χ0n) is 8.22. The molecule has 0 saturated carbocycles. The molecule has 0 aliphatic heterocycles. The Labute approximate surface area is 77.5 Å². The van der Waals surface area contributed by atoms with E-state index in [-0.39, 0.29) is 11.5 Å². The molecule has 0 bridgehead atoms. The van der Waals surface area contributed by atoms with Crippen LogP contribution in [0.3, 0.4) is 0 Å². The smallest absolute Gasteiger partial charge is 0.270 e. The minimum atomic E-state index is -0.115. The lowest BCUT2D eigenvalue weighted by Crippen LogP contribution is -2.17. The number of nitrogens with one attached hydrogen (secondary N) is 1. The van der Waals surface area contributed by atoms with Crippen LogP contribution in [0.2, 0.25) is 0 Å². The molecule has 0 fully saturated rings. The highest BCUT2D eigenvalue weighted by molar-refractivity contribution is 5.56. The molecule has 70 valence electrons. The molecule has 0 unspecified atom stereocenters. The minimum absolute atomic E-state index is 0.115. The Balaban J connectivity index is 3.21. The first kappa shape index (κ1) is 9.71. The SMILES string of the molecule is C=C(C)c1cnc(C(C)C)c(=O)[nH]1. The van der Waals surface area contributed by atoms with Crippen LogP contribution in [0, 0.1) is 0 Å². The summed E-state index contributed by atoms with van der Waals surface area (Å²) in [6.07, 6.45) is 1.65. The van der Waals surface area contributed by atoms with E-state index in [4.69, 9.17) is 0 Å². The molecule has 3 heteroatoms. The van der Waals surface area contributed by atoms with Gasteiger partial charge < -0.3 is 4.98 Å². The molecule has 0 saturated heterocycles. The van der Waals surface area contributed by atoms with Crippen molar-refractivity contribution < 1.29 is 0 Å². The molecule has 0 spiro atoms. The molecule has 3 nitrogen and oxygen atoms in total. The Morgan fingerprint density at radius 2 is 2.23 bits per heavy atom. The number of H-pyrrole nitrogens is 1. The van der Waals surface area contributed by atoms with Crippen LogP contribution in [-0.4, -0.2) is 9.97 Å². The standard InChI is InChI=1S/C10H14N2O/c1-6(2)8-5-11-9(7(3)4)10(13)12-8/h5,7H,1H2,2-4H3,(H,12,13). The Morgan fingerprint density at radius 1 is 1.62 bits per heavy atom. The molecule has 0 amide bonds. The van der Waals surface area contributed by atoms with Crippen molar-refractivity contribution in [3.05, 3.63) is 34.5 Å². The van der Waals surface area contributed by atoms with Gasteiger partial charge in [0.1, 0.15) is 5.69 Å².